The van der Waals surface area contributed by atoms with Gasteiger partial charge in [0.05, 0.1) is 0 Å². The molecule has 4 nitrogen and oxygen atoms in total. The zero-order valence-corrected chi connectivity index (χ0v) is 6.96. The molecule has 0 amide bonds. The molecule has 0 aromatic rings. The summed E-state index contributed by atoms with van der Waals surface area (Å²) in [6.45, 7) is 1.23. The van der Waals surface area contributed by atoms with Crippen LogP contribution in [-0.4, -0.2) is 29.1 Å². The molecular weight excluding hydrogens is 184 g/mol. The van der Waals surface area contributed by atoms with Crippen molar-refractivity contribution < 1.29 is 23.5 Å². The van der Waals surface area contributed by atoms with E-state index in [-0.39, 0.29) is 0 Å². The normalized spacial score (nSPS) is 13.2. The van der Waals surface area contributed by atoms with Gasteiger partial charge in [0.1, 0.15) is 0 Å². The maximum Gasteiger partial charge on any atom is 0.329 e. The maximum absolute atomic E-state index is 12.6. The molecule has 0 radical (unpaired) electrons. The number of aliphatic carboxylic acids is 1. The Morgan fingerprint density at radius 2 is 2.23 bits per heavy atom. The van der Waals surface area contributed by atoms with Gasteiger partial charge in [0, 0.05) is 12.8 Å². The largest absolute Gasteiger partial charge is 0.480 e. The zero-order chi connectivity index (χ0) is 10.5. The van der Waals surface area contributed by atoms with E-state index in [4.69, 9.17) is 5.11 Å². The molecule has 6 heteroatoms. The van der Waals surface area contributed by atoms with Crippen molar-refractivity contribution in [3.63, 3.8) is 0 Å². The molecule has 0 unspecified atom stereocenters. The Kier molecular flexibility index (Phi) is 4.20. The van der Waals surface area contributed by atoms with Crippen molar-refractivity contribution in [2.75, 3.05) is 0 Å². The number of hydrogen-bond acceptors (Lipinski definition) is 3. The van der Waals surface area contributed by atoms with E-state index in [1.807, 2.05) is 0 Å². The molecule has 1 N–H and O–H groups in total. The summed E-state index contributed by atoms with van der Waals surface area (Å²) in [7, 11) is 0. The van der Waals surface area contributed by atoms with Crippen molar-refractivity contribution in [1.82, 2.24) is 0 Å². The third-order valence-corrected chi connectivity index (χ3v) is 1.50. The molecule has 0 bridgehead atoms. The molecule has 0 saturated carbocycles. The summed E-state index contributed by atoms with van der Waals surface area (Å²) in [6, 6.07) is -1.70. The molecule has 0 saturated heterocycles. The first-order valence-corrected chi connectivity index (χ1v) is 3.60. The van der Waals surface area contributed by atoms with Gasteiger partial charge in [0.2, 0.25) is 6.08 Å². The van der Waals surface area contributed by atoms with Crippen molar-refractivity contribution >= 4 is 12.0 Å². The van der Waals surface area contributed by atoms with E-state index in [0.717, 1.165) is 6.08 Å². The van der Waals surface area contributed by atoms with Gasteiger partial charge in [-0.2, -0.15) is 4.99 Å². The average Bonchev–Trinajstić information content (AvgIpc) is 2.03. The highest BCUT2D eigenvalue weighted by Gasteiger charge is 2.33. The molecular formula is C7H9F2NO3. The van der Waals surface area contributed by atoms with E-state index in [0.29, 0.717) is 0 Å². The van der Waals surface area contributed by atoms with E-state index in [1.54, 1.807) is 0 Å². The number of carboxylic acid groups (broad SMARTS) is 1. The summed E-state index contributed by atoms with van der Waals surface area (Å²) in [5, 5.41) is 8.36. The van der Waals surface area contributed by atoms with Gasteiger partial charge in [-0.25, -0.2) is 18.4 Å². The fourth-order valence-corrected chi connectivity index (χ4v) is 0.679. The van der Waals surface area contributed by atoms with Crippen LogP contribution in [0.5, 0.6) is 0 Å². The average molecular weight is 193 g/mol. The highest BCUT2D eigenvalue weighted by Crippen LogP contribution is 2.25. The molecule has 0 aliphatic rings. The van der Waals surface area contributed by atoms with Crippen LogP contribution in [0.15, 0.2) is 4.99 Å². The second kappa shape index (κ2) is 4.67. The fourth-order valence-electron chi connectivity index (χ4n) is 0.679. The van der Waals surface area contributed by atoms with Crippen molar-refractivity contribution in [2.45, 2.75) is 31.7 Å². The minimum absolute atomic E-state index is 0.481. The molecule has 0 heterocycles. The summed E-state index contributed by atoms with van der Waals surface area (Å²) in [5.74, 6) is -4.65. The highest BCUT2D eigenvalue weighted by molar-refractivity contribution is 5.74. The highest BCUT2D eigenvalue weighted by atomic mass is 19.3. The number of carbonyl (C=O) groups is 1. The van der Waals surface area contributed by atoms with E-state index >= 15 is 0 Å². The van der Waals surface area contributed by atoms with Crippen LogP contribution in [0.2, 0.25) is 0 Å². The SMILES string of the molecule is CCC(F)(F)C[C@H](N=C=O)C(=O)O. The van der Waals surface area contributed by atoms with E-state index < -0.39 is 30.8 Å². The standard InChI is InChI=1S/C7H9F2NO3/c1-2-7(8,9)3-5(6(12)13)10-4-11/h5H,2-3H2,1H3,(H,12,13)/t5-/m0/s1. The van der Waals surface area contributed by atoms with Crippen LogP contribution in [0, 0.1) is 0 Å². The molecule has 1 atom stereocenters. The number of nitrogens with zero attached hydrogens (tertiary/aromatic N) is 1. The lowest BCUT2D eigenvalue weighted by Crippen LogP contribution is -2.28. The van der Waals surface area contributed by atoms with Crippen molar-refractivity contribution in [2.24, 2.45) is 4.99 Å². The van der Waals surface area contributed by atoms with Gasteiger partial charge < -0.3 is 5.11 Å². The predicted molar refractivity (Wildman–Crippen MR) is 39.4 cm³/mol. The van der Waals surface area contributed by atoms with Gasteiger partial charge >= 0.3 is 5.97 Å². The van der Waals surface area contributed by atoms with Gasteiger partial charge in [0.15, 0.2) is 6.04 Å². The number of isocyanates is 1. The molecule has 0 spiro atoms. The smallest absolute Gasteiger partial charge is 0.329 e. The topological polar surface area (TPSA) is 66.7 Å². The van der Waals surface area contributed by atoms with Crippen LogP contribution in [0.25, 0.3) is 0 Å². The minimum Gasteiger partial charge on any atom is -0.480 e. The first-order chi connectivity index (χ1) is 5.93. The van der Waals surface area contributed by atoms with Crippen molar-refractivity contribution in [3.05, 3.63) is 0 Å². The van der Waals surface area contributed by atoms with Gasteiger partial charge in [-0.3, -0.25) is 0 Å². The second-order valence-electron chi connectivity index (χ2n) is 2.49. The summed E-state index contributed by atoms with van der Waals surface area (Å²) in [6.07, 6.45) is -0.489. The van der Waals surface area contributed by atoms with Crippen LogP contribution >= 0.6 is 0 Å². The fraction of sp³-hybridized carbons (Fsp3) is 0.714. The molecule has 0 aromatic carbocycles. The molecule has 0 aliphatic heterocycles. The van der Waals surface area contributed by atoms with Crippen LogP contribution in [0.4, 0.5) is 8.78 Å². The Bertz CT molecular complexity index is 234. The lowest BCUT2D eigenvalue weighted by atomic mass is 10.1. The monoisotopic (exact) mass is 193 g/mol. The Balaban J connectivity index is 4.43. The number of rotatable bonds is 5. The summed E-state index contributed by atoms with van der Waals surface area (Å²) >= 11 is 0. The number of carboxylic acids is 1. The van der Waals surface area contributed by atoms with Crippen LogP contribution < -0.4 is 0 Å². The first kappa shape index (κ1) is 11.7. The Labute approximate surface area is 73.3 Å². The van der Waals surface area contributed by atoms with Gasteiger partial charge in [0.25, 0.3) is 5.92 Å². The Hall–Kier alpha value is -1.29. The van der Waals surface area contributed by atoms with E-state index in [1.165, 1.54) is 6.92 Å². The van der Waals surface area contributed by atoms with Gasteiger partial charge in [-0.05, 0) is 0 Å². The summed E-state index contributed by atoms with van der Waals surface area (Å²) in [5.41, 5.74) is 0. The number of aliphatic imine (C=N–C) groups is 1. The third-order valence-electron chi connectivity index (χ3n) is 1.50. The molecule has 0 fully saturated rings. The number of hydrogen-bond donors (Lipinski definition) is 1. The molecule has 0 aliphatic carbocycles. The van der Waals surface area contributed by atoms with Crippen molar-refractivity contribution in [1.29, 1.82) is 0 Å². The van der Waals surface area contributed by atoms with Crippen LogP contribution in [0.1, 0.15) is 19.8 Å². The Morgan fingerprint density at radius 3 is 2.54 bits per heavy atom. The summed E-state index contributed by atoms with van der Waals surface area (Å²) in [4.78, 5) is 22.7. The van der Waals surface area contributed by atoms with Gasteiger partial charge in [-0.1, -0.05) is 6.92 Å². The summed E-state index contributed by atoms with van der Waals surface area (Å²) < 4.78 is 25.3. The molecule has 74 valence electrons. The number of halogens is 2. The predicted octanol–water partition coefficient (Wildman–Crippen LogP) is 1.21. The van der Waals surface area contributed by atoms with Gasteiger partial charge in [-0.15, -0.1) is 0 Å². The zero-order valence-electron chi connectivity index (χ0n) is 6.96. The van der Waals surface area contributed by atoms with E-state index in [2.05, 4.69) is 4.99 Å². The van der Waals surface area contributed by atoms with E-state index in [9.17, 15) is 18.4 Å². The van der Waals surface area contributed by atoms with Crippen molar-refractivity contribution in [3.8, 4) is 0 Å². The quantitative estimate of drug-likeness (QED) is 0.527. The molecule has 0 rings (SSSR count). The Morgan fingerprint density at radius 1 is 1.69 bits per heavy atom. The third kappa shape index (κ3) is 4.32. The maximum atomic E-state index is 12.6. The van der Waals surface area contributed by atoms with Crippen LogP contribution in [-0.2, 0) is 9.59 Å². The molecule has 0 aromatic heterocycles. The second-order valence-corrected chi connectivity index (χ2v) is 2.49. The lowest BCUT2D eigenvalue weighted by Gasteiger charge is -2.15. The lowest BCUT2D eigenvalue weighted by molar-refractivity contribution is -0.141. The van der Waals surface area contributed by atoms with Crippen LogP contribution in [0.3, 0.4) is 0 Å². The minimum atomic E-state index is -3.11. The molecule has 13 heavy (non-hydrogen) atoms. The number of carbonyl (C=O) groups excluding carboxylic acids is 1. The number of alkyl halides is 2. The first-order valence-electron chi connectivity index (χ1n) is 3.60.